The van der Waals surface area contributed by atoms with Crippen LogP contribution in [0.4, 0.5) is 0 Å². The van der Waals surface area contributed by atoms with Gasteiger partial charge in [-0.15, -0.1) is 0 Å². The summed E-state index contributed by atoms with van der Waals surface area (Å²) in [5.41, 5.74) is -1.65. The highest BCUT2D eigenvalue weighted by atomic mass is 79.9. The molecule has 0 amide bonds. The van der Waals surface area contributed by atoms with Crippen molar-refractivity contribution in [2.45, 2.75) is 9.79 Å². The predicted octanol–water partition coefficient (Wildman–Crippen LogP) is 4.83. The molecule has 9 nitrogen and oxygen atoms in total. The molecule has 0 bridgehead atoms. The summed E-state index contributed by atoms with van der Waals surface area (Å²) in [6.07, 6.45) is 0. The molecule has 0 saturated carbocycles. The molecule has 2 aromatic carbocycles. The summed E-state index contributed by atoms with van der Waals surface area (Å²) in [5.74, 6) is -0.575. The quantitative estimate of drug-likeness (QED) is 0.222. The molecular formula is C19H9BrCl2O9S2. The fourth-order valence-corrected chi connectivity index (χ4v) is 6.03. The lowest BCUT2D eigenvalue weighted by molar-refractivity contribution is 0.474. The van der Waals surface area contributed by atoms with Gasteiger partial charge in [-0.25, -0.2) is 0 Å². The van der Waals surface area contributed by atoms with Crippen LogP contribution in [0.5, 0.6) is 5.75 Å². The minimum Gasteiger partial charge on any atom is -0.506 e. The molecule has 0 spiro atoms. The summed E-state index contributed by atoms with van der Waals surface area (Å²) in [5, 5.41) is 9.48. The van der Waals surface area contributed by atoms with Gasteiger partial charge < -0.3 is 9.52 Å². The van der Waals surface area contributed by atoms with Gasteiger partial charge in [0.2, 0.25) is 5.43 Å². The molecule has 2 aliphatic rings. The van der Waals surface area contributed by atoms with E-state index in [2.05, 4.69) is 15.9 Å². The maximum absolute atomic E-state index is 12.3. The molecule has 0 aromatic heterocycles. The van der Waals surface area contributed by atoms with Crippen LogP contribution in [0, 0.1) is 0 Å². The number of hydrogen-bond acceptors (Lipinski definition) is 7. The maximum atomic E-state index is 12.3. The van der Waals surface area contributed by atoms with Crippen LogP contribution in [0.2, 0.25) is 10.0 Å². The van der Waals surface area contributed by atoms with Crippen molar-refractivity contribution in [3.63, 3.8) is 0 Å². The van der Waals surface area contributed by atoms with Crippen molar-refractivity contribution in [1.29, 1.82) is 0 Å². The van der Waals surface area contributed by atoms with Crippen LogP contribution in [0.25, 0.3) is 33.4 Å². The largest absolute Gasteiger partial charge is 0.506 e. The zero-order valence-corrected chi connectivity index (χ0v) is 20.4. The Labute approximate surface area is 204 Å². The van der Waals surface area contributed by atoms with E-state index in [1.165, 1.54) is 0 Å². The van der Waals surface area contributed by atoms with Crippen molar-refractivity contribution in [1.82, 2.24) is 0 Å². The summed E-state index contributed by atoms with van der Waals surface area (Å²) in [7, 11) is -10.1. The molecule has 14 heteroatoms. The van der Waals surface area contributed by atoms with Gasteiger partial charge in [0, 0.05) is 38.7 Å². The van der Waals surface area contributed by atoms with Crippen molar-refractivity contribution in [2.75, 3.05) is 0 Å². The lowest BCUT2D eigenvalue weighted by Gasteiger charge is -2.19. The van der Waals surface area contributed by atoms with E-state index in [0.717, 1.165) is 36.4 Å². The average molecular weight is 596 g/mol. The molecule has 3 N–H and O–H groups in total. The third kappa shape index (κ3) is 4.23. The number of rotatable bonds is 3. The van der Waals surface area contributed by atoms with E-state index in [0.29, 0.717) is 0 Å². The summed E-state index contributed by atoms with van der Waals surface area (Å²) in [6, 6.07) is 6.17. The Bertz CT molecular complexity index is 1680. The molecule has 0 unspecified atom stereocenters. The van der Waals surface area contributed by atoms with E-state index in [4.69, 9.17) is 27.6 Å². The number of phenolic OH excluding ortho intramolecular Hbond substituents is 1. The van der Waals surface area contributed by atoms with Gasteiger partial charge in [0.15, 0.2) is 0 Å². The number of hydrogen-bond donors (Lipinski definition) is 3. The van der Waals surface area contributed by atoms with Crippen LogP contribution < -0.4 is 5.43 Å². The highest BCUT2D eigenvalue weighted by Gasteiger charge is 2.31. The second-order valence-corrected chi connectivity index (χ2v) is 11.3. The Morgan fingerprint density at radius 1 is 0.818 bits per heavy atom. The lowest BCUT2D eigenvalue weighted by atomic mass is 9.93. The first-order valence-electron chi connectivity index (χ1n) is 8.56. The van der Waals surface area contributed by atoms with Gasteiger partial charge in [-0.1, -0.05) is 39.1 Å². The van der Waals surface area contributed by atoms with Crippen molar-refractivity contribution in [3.05, 3.63) is 61.1 Å². The van der Waals surface area contributed by atoms with Gasteiger partial charge in [-0.3, -0.25) is 13.9 Å². The van der Waals surface area contributed by atoms with E-state index in [1.807, 2.05) is 0 Å². The number of phenols is 1. The van der Waals surface area contributed by atoms with Gasteiger partial charge in [0.1, 0.15) is 26.9 Å². The fraction of sp³-hybridized carbons (Fsp3) is 0. The van der Waals surface area contributed by atoms with Crippen molar-refractivity contribution >= 4 is 70.3 Å². The molecule has 0 fully saturated rings. The molecule has 0 radical (unpaired) electrons. The van der Waals surface area contributed by atoms with Gasteiger partial charge in [-0.2, -0.15) is 16.8 Å². The first-order valence-corrected chi connectivity index (χ1v) is 13.0. The lowest BCUT2D eigenvalue weighted by Crippen LogP contribution is -2.10. The van der Waals surface area contributed by atoms with E-state index >= 15 is 0 Å². The minimum absolute atomic E-state index is 0.0165. The SMILES string of the molecule is O=c1cc2oc3cc(O)c(Cl)cc3c(-c3c(S(=O)(=O)O)cc(Br)cc3S(=O)(=O)O)c-2cc1Cl. The van der Waals surface area contributed by atoms with Gasteiger partial charge in [0.05, 0.1) is 10.0 Å². The number of fused-ring (bicyclic) bond motifs is 2. The van der Waals surface area contributed by atoms with Crippen molar-refractivity contribution in [2.24, 2.45) is 0 Å². The number of aromatic hydroxyl groups is 1. The molecule has 4 rings (SSSR count). The Kier molecular flexibility index (Phi) is 5.77. The topological polar surface area (TPSA) is 159 Å². The van der Waals surface area contributed by atoms with Crippen LogP contribution in [-0.4, -0.2) is 31.0 Å². The van der Waals surface area contributed by atoms with Crippen molar-refractivity contribution in [3.8, 4) is 28.2 Å². The summed E-state index contributed by atoms with van der Waals surface area (Å²) >= 11 is 15.0. The second kappa shape index (κ2) is 7.94. The van der Waals surface area contributed by atoms with E-state index in [1.54, 1.807) is 0 Å². The first kappa shape index (κ1) is 24.0. The van der Waals surface area contributed by atoms with E-state index in [-0.39, 0.29) is 42.4 Å². The van der Waals surface area contributed by atoms with Crippen LogP contribution in [0.15, 0.2) is 59.9 Å². The molecule has 172 valence electrons. The minimum atomic E-state index is -5.07. The molecule has 1 aliphatic carbocycles. The van der Waals surface area contributed by atoms with Gasteiger partial charge >= 0.3 is 0 Å². The Morgan fingerprint density at radius 2 is 1.39 bits per heavy atom. The van der Waals surface area contributed by atoms with Crippen LogP contribution in [0.1, 0.15) is 0 Å². The zero-order chi connectivity index (χ0) is 24.5. The third-order valence-corrected chi connectivity index (χ3v) is 7.49. The second-order valence-electron chi connectivity index (χ2n) is 6.78. The Hall–Kier alpha value is -2.19. The average Bonchev–Trinajstić information content (AvgIpc) is 2.67. The molecule has 1 heterocycles. The van der Waals surface area contributed by atoms with Crippen LogP contribution in [-0.2, 0) is 20.2 Å². The fourth-order valence-electron chi connectivity index (χ4n) is 3.38. The molecular weight excluding hydrogens is 587 g/mol. The predicted molar refractivity (Wildman–Crippen MR) is 124 cm³/mol. The summed E-state index contributed by atoms with van der Waals surface area (Å²) in [6.45, 7) is 0. The molecule has 33 heavy (non-hydrogen) atoms. The van der Waals surface area contributed by atoms with Gasteiger partial charge in [0.25, 0.3) is 20.2 Å². The molecule has 0 atom stereocenters. The highest BCUT2D eigenvalue weighted by molar-refractivity contribution is 9.10. The number of benzene rings is 3. The standard InChI is InChI=1S/C19H9BrCl2O9S2/c20-7-1-16(32(25,26)27)19(17(2-7)33(28,29)30)18-8-3-10(21)12(23)5-14(8)31-15-6-13(24)11(22)4-9(15)18/h1-6,23H,(H,25,26,27)(H,28,29,30). The first-order chi connectivity index (χ1) is 15.2. The molecule has 1 aliphatic heterocycles. The summed E-state index contributed by atoms with van der Waals surface area (Å²) < 4.78 is 74.4. The van der Waals surface area contributed by atoms with Crippen molar-refractivity contribution < 1.29 is 35.5 Å². The van der Waals surface area contributed by atoms with Gasteiger partial charge in [-0.05, 0) is 24.3 Å². The maximum Gasteiger partial charge on any atom is 0.295 e. The summed E-state index contributed by atoms with van der Waals surface area (Å²) in [4.78, 5) is 10.3. The highest BCUT2D eigenvalue weighted by Crippen LogP contribution is 2.47. The normalized spacial score (nSPS) is 12.5. The van der Waals surface area contributed by atoms with Crippen LogP contribution in [0.3, 0.4) is 0 Å². The Morgan fingerprint density at radius 3 is 1.94 bits per heavy atom. The van der Waals surface area contributed by atoms with E-state index in [9.17, 15) is 35.8 Å². The Balaban J connectivity index is 2.41. The van der Waals surface area contributed by atoms with E-state index < -0.39 is 46.8 Å². The molecule has 0 saturated heterocycles. The molecule has 2 aromatic rings. The monoisotopic (exact) mass is 594 g/mol. The third-order valence-electron chi connectivity index (χ3n) is 4.68. The zero-order valence-electron chi connectivity index (χ0n) is 15.7. The van der Waals surface area contributed by atoms with Crippen LogP contribution >= 0.6 is 39.1 Å². The number of halogens is 3. The smallest absolute Gasteiger partial charge is 0.295 e.